The van der Waals surface area contributed by atoms with Gasteiger partial charge in [0.1, 0.15) is 11.9 Å². The summed E-state index contributed by atoms with van der Waals surface area (Å²) in [4.78, 5) is 4.94. The van der Waals surface area contributed by atoms with E-state index in [1.54, 1.807) is 0 Å². The number of rotatable bonds is 4. The zero-order valence-electron chi connectivity index (χ0n) is 18.9. The quantitative estimate of drug-likeness (QED) is 0.687. The van der Waals surface area contributed by atoms with E-state index in [2.05, 4.69) is 77.0 Å². The van der Waals surface area contributed by atoms with E-state index in [0.29, 0.717) is 23.5 Å². The molecule has 0 amide bonds. The number of hydrogen-bond acceptors (Lipinski definition) is 5. The Labute approximate surface area is 190 Å². The van der Waals surface area contributed by atoms with Crippen LogP contribution in [0.2, 0.25) is 0 Å². The maximum Gasteiger partial charge on any atom is 0.123 e. The van der Waals surface area contributed by atoms with Gasteiger partial charge in [-0.05, 0) is 72.2 Å². The highest BCUT2D eigenvalue weighted by Crippen LogP contribution is 2.58. The highest BCUT2D eigenvalue weighted by atomic mass is 16.3. The second-order valence-corrected chi connectivity index (χ2v) is 9.89. The average Bonchev–Trinajstić information content (AvgIpc) is 3.39. The van der Waals surface area contributed by atoms with E-state index >= 15 is 0 Å². The van der Waals surface area contributed by atoms with Gasteiger partial charge in [0, 0.05) is 50.2 Å². The van der Waals surface area contributed by atoms with Gasteiger partial charge >= 0.3 is 0 Å². The highest BCUT2D eigenvalue weighted by Gasteiger charge is 2.53. The molecule has 5 nitrogen and oxygen atoms in total. The number of fused-ring (bicyclic) bond motifs is 2. The fourth-order valence-corrected chi connectivity index (χ4v) is 5.76. The largest absolute Gasteiger partial charge is 0.508 e. The van der Waals surface area contributed by atoms with Crippen LogP contribution in [0.5, 0.6) is 0 Å². The Kier molecular flexibility index (Phi) is 4.77. The number of nitrogens with zero attached hydrogens (tertiary/aromatic N) is 2. The summed E-state index contributed by atoms with van der Waals surface area (Å²) in [5.41, 5.74) is 7.89. The van der Waals surface area contributed by atoms with Gasteiger partial charge in [-0.1, -0.05) is 30.3 Å². The molecule has 0 aromatic heterocycles. The number of likely N-dealkylation sites (N-methyl/N-ethyl adjacent to an activating group) is 1. The second kappa shape index (κ2) is 7.68. The summed E-state index contributed by atoms with van der Waals surface area (Å²) in [5.74, 6) is 1.81. The predicted molar refractivity (Wildman–Crippen MR) is 128 cm³/mol. The van der Waals surface area contributed by atoms with Gasteiger partial charge in [-0.3, -0.25) is 4.90 Å². The van der Waals surface area contributed by atoms with E-state index in [0.717, 1.165) is 32.7 Å². The van der Waals surface area contributed by atoms with Gasteiger partial charge in [0.05, 0.1) is 0 Å². The van der Waals surface area contributed by atoms with Gasteiger partial charge < -0.3 is 20.6 Å². The standard InChI is InChI=1S/C27H32N4O/c1-17-25(26-22-8-7-21(32)14-23(22)26)24-13-20(15-28-27(24)29-17)19-5-3-18(4-6-19)16-31-11-9-30(2)10-12-31/h3-8,13-15,22-23,26-29,32H,9-12,16H2,1-2H3. The fraction of sp³-hybridized carbons (Fsp3) is 0.407. The van der Waals surface area contributed by atoms with Crippen LogP contribution in [-0.2, 0) is 6.54 Å². The topological polar surface area (TPSA) is 50.8 Å². The second-order valence-electron chi connectivity index (χ2n) is 9.89. The van der Waals surface area contributed by atoms with Crippen molar-refractivity contribution in [3.63, 3.8) is 0 Å². The molecule has 2 fully saturated rings. The van der Waals surface area contributed by atoms with Crippen molar-refractivity contribution < 1.29 is 5.11 Å². The zero-order chi connectivity index (χ0) is 21.8. The molecule has 3 heterocycles. The van der Waals surface area contributed by atoms with E-state index in [-0.39, 0.29) is 6.17 Å². The molecular weight excluding hydrogens is 396 g/mol. The van der Waals surface area contributed by atoms with Crippen molar-refractivity contribution in [1.29, 1.82) is 0 Å². The van der Waals surface area contributed by atoms with E-state index in [1.807, 2.05) is 12.2 Å². The van der Waals surface area contributed by atoms with Crippen LogP contribution in [0.3, 0.4) is 0 Å². The third-order valence-electron chi connectivity index (χ3n) is 7.71. The van der Waals surface area contributed by atoms with Gasteiger partial charge in [0.25, 0.3) is 0 Å². The first-order chi connectivity index (χ1) is 15.6. The molecule has 166 valence electrons. The molecular formula is C27H32N4O. The predicted octanol–water partition coefficient (Wildman–Crippen LogP) is 3.38. The van der Waals surface area contributed by atoms with Crippen LogP contribution >= 0.6 is 0 Å². The maximum absolute atomic E-state index is 9.89. The SMILES string of the molecule is CC1=C(C2C3C=CC(O)=CC32)C2=CC(c3ccc(CN4CCN(C)CC4)cc3)=CNC2N1. The number of aliphatic hydroxyl groups is 1. The Morgan fingerprint density at radius 1 is 1.06 bits per heavy atom. The number of hydrogen-bond donors (Lipinski definition) is 3. The van der Waals surface area contributed by atoms with E-state index in [1.165, 1.54) is 33.5 Å². The third-order valence-corrected chi connectivity index (χ3v) is 7.71. The van der Waals surface area contributed by atoms with Crippen LogP contribution in [-0.4, -0.2) is 54.3 Å². The summed E-state index contributed by atoms with van der Waals surface area (Å²) in [6.45, 7) is 7.82. The van der Waals surface area contributed by atoms with Crippen LogP contribution in [0.15, 0.2) is 77.4 Å². The number of allylic oxidation sites excluding steroid dienone is 6. The minimum atomic E-state index is 0.148. The molecule has 0 radical (unpaired) electrons. The van der Waals surface area contributed by atoms with E-state index in [9.17, 15) is 5.11 Å². The molecule has 4 atom stereocenters. The summed E-state index contributed by atoms with van der Waals surface area (Å²) >= 11 is 0. The van der Waals surface area contributed by atoms with Gasteiger partial charge in [0.2, 0.25) is 0 Å². The Balaban J connectivity index is 1.19. The van der Waals surface area contributed by atoms with Crippen LogP contribution < -0.4 is 10.6 Å². The molecule has 5 aliphatic rings. The van der Waals surface area contributed by atoms with Gasteiger partial charge in [-0.2, -0.15) is 0 Å². The fourth-order valence-electron chi connectivity index (χ4n) is 5.76. The van der Waals surface area contributed by atoms with Crippen LogP contribution in [0, 0.1) is 17.8 Å². The number of nitrogens with one attached hydrogen (secondary N) is 2. The Morgan fingerprint density at radius 3 is 2.59 bits per heavy atom. The van der Waals surface area contributed by atoms with Gasteiger partial charge in [0.15, 0.2) is 0 Å². The summed E-state index contributed by atoms with van der Waals surface area (Å²) in [6.07, 6.45) is 10.7. The minimum Gasteiger partial charge on any atom is -0.508 e. The van der Waals surface area contributed by atoms with Crippen LogP contribution in [0.25, 0.3) is 5.57 Å². The van der Waals surface area contributed by atoms with Crippen molar-refractivity contribution >= 4 is 5.57 Å². The molecule has 1 aromatic rings. The molecule has 0 bridgehead atoms. The first kappa shape index (κ1) is 19.9. The maximum atomic E-state index is 9.89. The smallest absolute Gasteiger partial charge is 0.123 e. The molecule has 0 spiro atoms. The first-order valence-corrected chi connectivity index (χ1v) is 11.8. The lowest BCUT2D eigenvalue weighted by molar-refractivity contribution is 0.148. The van der Waals surface area contributed by atoms with Crippen LogP contribution in [0.1, 0.15) is 18.1 Å². The van der Waals surface area contributed by atoms with Crippen molar-refractivity contribution in [2.75, 3.05) is 33.2 Å². The number of aliphatic hydroxyl groups excluding tert-OH is 1. The summed E-state index contributed by atoms with van der Waals surface area (Å²) in [7, 11) is 2.20. The number of dihydropyridines is 1. The molecule has 1 aromatic carbocycles. The normalized spacial score (nSPS) is 31.8. The van der Waals surface area contributed by atoms with E-state index in [4.69, 9.17) is 0 Å². The van der Waals surface area contributed by atoms with Crippen molar-refractivity contribution in [2.24, 2.45) is 17.8 Å². The molecule has 2 aliphatic carbocycles. The van der Waals surface area contributed by atoms with Gasteiger partial charge in [-0.15, -0.1) is 0 Å². The third kappa shape index (κ3) is 3.50. The van der Waals surface area contributed by atoms with Crippen molar-refractivity contribution in [2.45, 2.75) is 19.6 Å². The number of piperazine rings is 1. The Morgan fingerprint density at radius 2 is 1.84 bits per heavy atom. The zero-order valence-corrected chi connectivity index (χ0v) is 18.9. The summed E-state index contributed by atoms with van der Waals surface area (Å²) < 4.78 is 0. The monoisotopic (exact) mass is 428 g/mol. The average molecular weight is 429 g/mol. The Hall–Kier alpha value is -2.76. The van der Waals surface area contributed by atoms with Gasteiger partial charge in [-0.25, -0.2) is 0 Å². The minimum absolute atomic E-state index is 0.148. The van der Waals surface area contributed by atoms with Crippen molar-refractivity contribution in [3.8, 4) is 0 Å². The Bertz CT molecular complexity index is 1070. The van der Waals surface area contributed by atoms with E-state index < -0.39 is 0 Å². The molecule has 5 heteroatoms. The molecule has 3 N–H and O–H groups in total. The lowest BCUT2D eigenvalue weighted by Crippen LogP contribution is -2.43. The first-order valence-electron chi connectivity index (χ1n) is 11.8. The molecule has 3 aliphatic heterocycles. The lowest BCUT2D eigenvalue weighted by atomic mass is 9.92. The lowest BCUT2D eigenvalue weighted by Gasteiger charge is -2.32. The number of benzene rings is 1. The molecule has 1 saturated heterocycles. The molecule has 6 rings (SSSR count). The molecule has 32 heavy (non-hydrogen) atoms. The van der Waals surface area contributed by atoms with Crippen LogP contribution in [0.4, 0.5) is 0 Å². The molecule has 1 saturated carbocycles. The van der Waals surface area contributed by atoms with Crippen molar-refractivity contribution in [1.82, 2.24) is 20.4 Å². The molecule has 4 unspecified atom stereocenters. The summed E-state index contributed by atoms with van der Waals surface area (Å²) in [5, 5.41) is 17.1. The highest BCUT2D eigenvalue weighted by molar-refractivity contribution is 5.78. The van der Waals surface area contributed by atoms with Crippen molar-refractivity contribution in [3.05, 3.63) is 88.5 Å². The summed E-state index contributed by atoms with van der Waals surface area (Å²) in [6, 6.07) is 9.08.